The van der Waals surface area contributed by atoms with Gasteiger partial charge in [0.25, 0.3) is 5.69 Å². The molecule has 1 aromatic heterocycles. The van der Waals surface area contributed by atoms with Gasteiger partial charge in [-0.25, -0.2) is 4.79 Å². The summed E-state index contributed by atoms with van der Waals surface area (Å²) in [6.07, 6.45) is 0. The number of carbonyl (C=O) groups is 1. The van der Waals surface area contributed by atoms with Crippen LogP contribution >= 0.6 is 0 Å². The Morgan fingerprint density at radius 1 is 0.920 bits per heavy atom. The molecule has 0 spiro atoms. The fourth-order valence-corrected chi connectivity index (χ4v) is 2.65. The number of hydrogen-bond acceptors (Lipinski definition) is 5. The van der Waals surface area contributed by atoms with E-state index < -0.39 is 10.9 Å². The van der Waals surface area contributed by atoms with Crippen molar-refractivity contribution in [3.8, 4) is 5.75 Å². The molecule has 0 aliphatic carbocycles. The van der Waals surface area contributed by atoms with Gasteiger partial charge in [-0.3, -0.25) is 10.1 Å². The van der Waals surface area contributed by atoms with Gasteiger partial charge in [0.1, 0.15) is 16.9 Å². The van der Waals surface area contributed by atoms with Crippen LogP contribution in [0, 0.1) is 10.1 Å². The molecule has 0 unspecified atom stereocenters. The normalized spacial score (nSPS) is 10.9. The van der Waals surface area contributed by atoms with Gasteiger partial charge in [0.2, 0.25) is 0 Å². The van der Waals surface area contributed by atoms with Crippen molar-refractivity contribution in [2.75, 3.05) is 0 Å². The second kappa shape index (κ2) is 5.76. The largest absolute Gasteiger partial charge is 0.456 e. The van der Waals surface area contributed by atoms with Gasteiger partial charge in [-0.2, -0.15) is 0 Å². The molecule has 3 aromatic carbocycles. The fourth-order valence-electron chi connectivity index (χ4n) is 2.65. The van der Waals surface area contributed by atoms with Gasteiger partial charge < -0.3 is 9.15 Å². The fraction of sp³-hybridized carbons (Fsp3) is 0. The Labute approximate surface area is 141 Å². The van der Waals surface area contributed by atoms with Crippen LogP contribution in [0.2, 0.25) is 0 Å². The molecule has 0 saturated heterocycles. The summed E-state index contributed by atoms with van der Waals surface area (Å²) >= 11 is 0. The van der Waals surface area contributed by atoms with Crippen LogP contribution in [0.3, 0.4) is 0 Å². The van der Waals surface area contributed by atoms with Crippen LogP contribution in [-0.4, -0.2) is 10.9 Å². The van der Waals surface area contributed by atoms with Crippen molar-refractivity contribution < 1.29 is 18.9 Å². The van der Waals surface area contributed by atoms with Crippen LogP contribution in [0.1, 0.15) is 10.4 Å². The van der Waals surface area contributed by atoms with E-state index in [0.717, 1.165) is 16.4 Å². The zero-order valence-electron chi connectivity index (χ0n) is 12.8. The molecule has 0 saturated carbocycles. The maximum absolute atomic E-state index is 12.2. The van der Waals surface area contributed by atoms with E-state index in [2.05, 4.69) is 0 Å². The number of esters is 1. The number of para-hydroxylation sites is 1. The first-order chi connectivity index (χ1) is 12.1. The average Bonchev–Trinajstić information content (AvgIpc) is 3.00. The molecule has 0 N–H and O–H groups in total. The summed E-state index contributed by atoms with van der Waals surface area (Å²) in [6.45, 7) is 0. The summed E-state index contributed by atoms with van der Waals surface area (Å²) in [5.41, 5.74) is 1.62. The van der Waals surface area contributed by atoms with Gasteiger partial charge in [0.05, 0.1) is 10.5 Å². The summed E-state index contributed by atoms with van der Waals surface area (Å²) in [5.74, 6) is -0.204. The minimum absolute atomic E-state index is 0.0807. The highest BCUT2D eigenvalue weighted by molar-refractivity contribution is 6.05. The Bertz CT molecular complexity index is 1110. The van der Waals surface area contributed by atoms with E-state index >= 15 is 0 Å². The number of hydrogen-bond donors (Lipinski definition) is 0. The SMILES string of the molecule is O=C(Oc1ccc2oc3ccccc3c2c1)c1ccc([N+](=O)[O-])cc1. The third kappa shape index (κ3) is 2.70. The Balaban J connectivity index is 1.64. The molecular weight excluding hydrogens is 322 g/mol. The number of nitro benzene ring substituents is 1. The van der Waals surface area contributed by atoms with E-state index in [-0.39, 0.29) is 11.3 Å². The summed E-state index contributed by atoms with van der Waals surface area (Å²) in [4.78, 5) is 22.4. The van der Waals surface area contributed by atoms with E-state index in [1.165, 1.54) is 24.3 Å². The second-order valence-corrected chi connectivity index (χ2v) is 5.45. The van der Waals surface area contributed by atoms with Crippen molar-refractivity contribution in [2.24, 2.45) is 0 Å². The predicted octanol–water partition coefficient (Wildman–Crippen LogP) is 4.71. The molecule has 25 heavy (non-hydrogen) atoms. The number of furan rings is 1. The third-order valence-electron chi connectivity index (χ3n) is 3.87. The lowest BCUT2D eigenvalue weighted by Crippen LogP contribution is -2.08. The number of fused-ring (bicyclic) bond motifs is 3. The van der Waals surface area contributed by atoms with Crippen molar-refractivity contribution >= 4 is 33.6 Å². The minimum Gasteiger partial charge on any atom is -0.456 e. The first kappa shape index (κ1) is 14.9. The van der Waals surface area contributed by atoms with Crippen LogP contribution in [0.15, 0.2) is 71.1 Å². The number of benzene rings is 3. The zero-order valence-corrected chi connectivity index (χ0v) is 12.8. The Morgan fingerprint density at radius 2 is 1.64 bits per heavy atom. The van der Waals surface area contributed by atoms with E-state index in [1.54, 1.807) is 18.2 Å². The molecule has 0 aliphatic rings. The van der Waals surface area contributed by atoms with Gasteiger partial charge in [-0.1, -0.05) is 18.2 Å². The second-order valence-electron chi connectivity index (χ2n) is 5.45. The lowest BCUT2D eigenvalue weighted by atomic mass is 10.1. The number of nitrogens with zero attached hydrogens (tertiary/aromatic N) is 1. The van der Waals surface area contributed by atoms with Gasteiger partial charge in [-0.15, -0.1) is 0 Å². The van der Waals surface area contributed by atoms with Crippen molar-refractivity contribution in [1.29, 1.82) is 0 Å². The molecule has 0 fully saturated rings. The minimum atomic E-state index is -0.581. The molecule has 6 nitrogen and oxygen atoms in total. The Morgan fingerprint density at radius 3 is 2.40 bits per heavy atom. The Hall–Kier alpha value is -3.67. The average molecular weight is 333 g/mol. The quantitative estimate of drug-likeness (QED) is 0.235. The predicted molar refractivity (Wildman–Crippen MR) is 91.8 cm³/mol. The lowest BCUT2D eigenvalue weighted by molar-refractivity contribution is -0.384. The molecule has 0 atom stereocenters. The first-order valence-corrected chi connectivity index (χ1v) is 7.50. The van der Waals surface area contributed by atoms with Crippen LogP contribution in [0.5, 0.6) is 5.75 Å². The first-order valence-electron chi connectivity index (χ1n) is 7.50. The zero-order chi connectivity index (χ0) is 17.4. The van der Waals surface area contributed by atoms with Crippen LogP contribution < -0.4 is 4.74 Å². The molecule has 4 aromatic rings. The number of ether oxygens (including phenoxy) is 1. The smallest absolute Gasteiger partial charge is 0.343 e. The van der Waals surface area contributed by atoms with Gasteiger partial charge >= 0.3 is 5.97 Å². The number of non-ortho nitro benzene ring substituents is 1. The highest BCUT2D eigenvalue weighted by Gasteiger charge is 2.13. The van der Waals surface area contributed by atoms with Crippen LogP contribution in [-0.2, 0) is 0 Å². The van der Waals surface area contributed by atoms with Crippen LogP contribution in [0.25, 0.3) is 21.9 Å². The topological polar surface area (TPSA) is 82.6 Å². The molecular formula is C19H11NO5. The Kier molecular flexibility index (Phi) is 3.43. The van der Waals surface area contributed by atoms with Crippen molar-refractivity contribution in [1.82, 2.24) is 0 Å². The van der Waals surface area contributed by atoms with E-state index in [0.29, 0.717) is 11.3 Å². The molecule has 0 amide bonds. The van der Waals surface area contributed by atoms with Gasteiger partial charge in [-0.05, 0) is 36.4 Å². The van der Waals surface area contributed by atoms with Gasteiger partial charge in [0, 0.05) is 22.9 Å². The number of rotatable bonds is 3. The number of carbonyl (C=O) groups excluding carboxylic acids is 1. The van der Waals surface area contributed by atoms with Crippen molar-refractivity contribution in [2.45, 2.75) is 0 Å². The van der Waals surface area contributed by atoms with Crippen LogP contribution in [0.4, 0.5) is 5.69 Å². The van der Waals surface area contributed by atoms with E-state index in [1.807, 2.05) is 24.3 Å². The number of nitro groups is 1. The molecule has 0 aliphatic heterocycles. The summed E-state index contributed by atoms with van der Waals surface area (Å²) in [7, 11) is 0. The molecule has 0 radical (unpaired) electrons. The molecule has 1 heterocycles. The summed E-state index contributed by atoms with van der Waals surface area (Å²) in [5, 5.41) is 12.4. The van der Waals surface area contributed by atoms with Crippen molar-refractivity contribution in [3.05, 3.63) is 82.4 Å². The standard InChI is InChI=1S/C19H11NO5/c21-19(12-5-7-13(8-6-12)20(22)23)24-14-9-10-18-16(11-14)15-3-1-2-4-17(15)25-18/h1-11H. The van der Waals surface area contributed by atoms with Gasteiger partial charge in [0.15, 0.2) is 0 Å². The summed E-state index contributed by atoms with van der Waals surface area (Å²) in [6, 6.07) is 18.0. The maximum atomic E-state index is 12.2. The lowest BCUT2D eigenvalue weighted by Gasteiger charge is -2.04. The maximum Gasteiger partial charge on any atom is 0.343 e. The molecule has 4 rings (SSSR count). The monoisotopic (exact) mass is 333 g/mol. The van der Waals surface area contributed by atoms with E-state index in [4.69, 9.17) is 9.15 Å². The molecule has 6 heteroatoms. The molecule has 122 valence electrons. The summed E-state index contributed by atoms with van der Waals surface area (Å²) < 4.78 is 11.1. The highest BCUT2D eigenvalue weighted by Crippen LogP contribution is 2.31. The van der Waals surface area contributed by atoms with E-state index in [9.17, 15) is 14.9 Å². The van der Waals surface area contributed by atoms with Crippen molar-refractivity contribution in [3.63, 3.8) is 0 Å². The highest BCUT2D eigenvalue weighted by atomic mass is 16.6. The molecule has 0 bridgehead atoms. The third-order valence-corrected chi connectivity index (χ3v) is 3.87.